The first-order valence-corrected chi connectivity index (χ1v) is 8.42. The van der Waals surface area contributed by atoms with Crippen LogP contribution in [0, 0.1) is 0 Å². The number of nitrogens with one attached hydrogen (secondary N) is 1. The van der Waals surface area contributed by atoms with Crippen LogP contribution in [0.5, 0.6) is 17.2 Å². The van der Waals surface area contributed by atoms with Crippen LogP contribution in [0.3, 0.4) is 0 Å². The summed E-state index contributed by atoms with van der Waals surface area (Å²) in [5.41, 5.74) is 2.02. The second-order valence-electron chi connectivity index (χ2n) is 6.29. The molecule has 2 aliphatic heterocycles. The summed E-state index contributed by atoms with van der Waals surface area (Å²) < 4.78 is 10.7. The first-order valence-electron chi connectivity index (χ1n) is 8.42. The van der Waals surface area contributed by atoms with Crippen LogP contribution in [0.15, 0.2) is 42.5 Å². The van der Waals surface area contributed by atoms with E-state index in [1.807, 2.05) is 35.2 Å². The van der Waals surface area contributed by atoms with Crippen molar-refractivity contribution >= 4 is 6.03 Å². The van der Waals surface area contributed by atoms with Crippen LogP contribution < -0.4 is 14.8 Å². The fraction of sp³-hybridized carbons (Fsp3) is 0.316. The van der Waals surface area contributed by atoms with Gasteiger partial charge in [-0.15, -0.1) is 0 Å². The third kappa shape index (κ3) is 3.20. The average molecular weight is 340 g/mol. The number of benzene rings is 2. The molecule has 0 spiro atoms. The van der Waals surface area contributed by atoms with Gasteiger partial charge in [0.2, 0.25) is 6.79 Å². The molecule has 0 aromatic heterocycles. The number of hydrogen-bond donors (Lipinski definition) is 2. The molecule has 1 saturated heterocycles. The van der Waals surface area contributed by atoms with Crippen LogP contribution in [0.2, 0.25) is 0 Å². The molecule has 1 atom stereocenters. The molecule has 2 aliphatic rings. The van der Waals surface area contributed by atoms with E-state index in [0.717, 1.165) is 42.0 Å². The third-order valence-corrected chi connectivity index (χ3v) is 4.67. The van der Waals surface area contributed by atoms with Gasteiger partial charge in [-0.25, -0.2) is 4.79 Å². The molecule has 25 heavy (non-hydrogen) atoms. The van der Waals surface area contributed by atoms with Gasteiger partial charge >= 0.3 is 6.03 Å². The van der Waals surface area contributed by atoms with E-state index in [0.29, 0.717) is 6.54 Å². The minimum absolute atomic E-state index is 0.0531. The zero-order valence-corrected chi connectivity index (χ0v) is 13.8. The van der Waals surface area contributed by atoms with Crippen molar-refractivity contribution in [3.63, 3.8) is 0 Å². The van der Waals surface area contributed by atoms with Gasteiger partial charge in [0.05, 0.1) is 6.04 Å². The highest BCUT2D eigenvalue weighted by Crippen LogP contribution is 2.34. The van der Waals surface area contributed by atoms with Gasteiger partial charge in [-0.1, -0.05) is 18.2 Å². The number of rotatable bonds is 3. The molecule has 6 nitrogen and oxygen atoms in total. The number of nitrogens with zero attached hydrogens (tertiary/aromatic N) is 1. The zero-order chi connectivity index (χ0) is 17.2. The lowest BCUT2D eigenvalue weighted by molar-refractivity contribution is 0.174. The highest BCUT2D eigenvalue weighted by Gasteiger charge is 2.29. The third-order valence-electron chi connectivity index (χ3n) is 4.67. The number of aromatic hydroxyl groups is 1. The Bertz CT molecular complexity index is 775. The highest BCUT2D eigenvalue weighted by atomic mass is 16.7. The summed E-state index contributed by atoms with van der Waals surface area (Å²) in [6.07, 6.45) is 1.91. The van der Waals surface area contributed by atoms with E-state index in [-0.39, 0.29) is 24.6 Å². The summed E-state index contributed by atoms with van der Waals surface area (Å²) in [7, 11) is 0. The van der Waals surface area contributed by atoms with Gasteiger partial charge in [0.15, 0.2) is 11.5 Å². The van der Waals surface area contributed by atoms with Crippen molar-refractivity contribution in [2.24, 2.45) is 0 Å². The number of urea groups is 1. The maximum absolute atomic E-state index is 12.6. The first kappa shape index (κ1) is 15.6. The maximum Gasteiger partial charge on any atom is 0.318 e. The molecule has 2 heterocycles. The van der Waals surface area contributed by atoms with Gasteiger partial charge in [0.1, 0.15) is 5.75 Å². The second-order valence-corrected chi connectivity index (χ2v) is 6.29. The SMILES string of the molecule is O=C(NCc1ccc2c(c1)OCO2)N1CCCC1c1ccc(O)cc1. The van der Waals surface area contributed by atoms with Gasteiger partial charge in [0.25, 0.3) is 0 Å². The smallest absolute Gasteiger partial charge is 0.318 e. The number of carbonyl (C=O) groups is 1. The lowest BCUT2D eigenvalue weighted by atomic mass is 10.0. The van der Waals surface area contributed by atoms with Gasteiger partial charge in [-0.2, -0.15) is 0 Å². The van der Waals surface area contributed by atoms with Crippen LogP contribution in [-0.2, 0) is 6.54 Å². The summed E-state index contributed by atoms with van der Waals surface area (Å²) in [4.78, 5) is 14.5. The van der Waals surface area contributed by atoms with Gasteiger partial charge in [-0.05, 0) is 48.2 Å². The van der Waals surface area contributed by atoms with E-state index in [2.05, 4.69) is 5.32 Å². The van der Waals surface area contributed by atoms with E-state index in [1.54, 1.807) is 12.1 Å². The highest BCUT2D eigenvalue weighted by molar-refractivity contribution is 5.75. The molecule has 2 N–H and O–H groups in total. The van der Waals surface area contributed by atoms with Crippen molar-refractivity contribution < 1.29 is 19.4 Å². The standard InChI is InChI=1S/C19H20N2O4/c22-15-6-4-14(5-7-15)16-2-1-9-21(16)19(23)20-11-13-3-8-17-18(10-13)25-12-24-17/h3-8,10,16,22H,1-2,9,11-12H2,(H,20,23). The zero-order valence-electron chi connectivity index (χ0n) is 13.8. The summed E-state index contributed by atoms with van der Waals surface area (Å²) in [5, 5.41) is 12.4. The first-order chi connectivity index (χ1) is 12.2. The fourth-order valence-corrected chi connectivity index (χ4v) is 3.38. The number of phenolic OH excluding ortho intramolecular Hbond substituents is 1. The molecule has 130 valence electrons. The molecular formula is C19H20N2O4. The number of phenols is 1. The number of amides is 2. The minimum Gasteiger partial charge on any atom is -0.508 e. The molecule has 1 unspecified atom stereocenters. The normalized spacial score (nSPS) is 18.4. The molecule has 0 aliphatic carbocycles. The molecule has 0 radical (unpaired) electrons. The predicted molar refractivity (Wildman–Crippen MR) is 91.6 cm³/mol. The van der Waals surface area contributed by atoms with Crippen molar-refractivity contribution in [1.29, 1.82) is 0 Å². The Kier molecular flexibility index (Phi) is 4.09. The lowest BCUT2D eigenvalue weighted by Crippen LogP contribution is -2.39. The molecule has 2 aromatic carbocycles. The Hall–Kier alpha value is -2.89. The quantitative estimate of drug-likeness (QED) is 0.900. The molecule has 4 rings (SSSR count). The monoisotopic (exact) mass is 340 g/mol. The van der Waals surface area contributed by atoms with E-state index in [9.17, 15) is 9.90 Å². The van der Waals surface area contributed by atoms with Gasteiger partial charge in [-0.3, -0.25) is 0 Å². The number of hydrogen-bond acceptors (Lipinski definition) is 4. The van der Waals surface area contributed by atoms with E-state index >= 15 is 0 Å². The van der Waals surface area contributed by atoms with Crippen molar-refractivity contribution in [2.45, 2.75) is 25.4 Å². The van der Waals surface area contributed by atoms with Crippen LogP contribution in [-0.4, -0.2) is 29.4 Å². The Labute approximate surface area is 146 Å². The fourth-order valence-electron chi connectivity index (χ4n) is 3.38. The molecule has 2 amide bonds. The minimum atomic E-state index is -0.0757. The van der Waals surface area contributed by atoms with Gasteiger partial charge < -0.3 is 24.8 Å². The summed E-state index contributed by atoms with van der Waals surface area (Å²) >= 11 is 0. The molecule has 1 fully saturated rings. The van der Waals surface area contributed by atoms with Crippen molar-refractivity contribution in [2.75, 3.05) is 13.3 Å². The van der Waals surface area contributed by atoms with Crippen molar-refractivity contribution in [3.05, 3.63) is 53.6 Å². The number of likely N-dealkylation sites (tertiary alicyclic amines) is 1. The molecule has 6 heteroatoms. The van der Waals surface area contributed by atoms with E-state index in [4.69, 9.17) is 9.47 Å². The molecular weight excluding hydrogens is 320 g/mol. The maximum atomic E-state index is 12.6. The summed E-state index contributed by atoms with van der Waals surface area (Å²) in [5.74, 6) is 1.69. The van der Waals surface area contributed by atoms with Crippen molar-refractivity contribution in [1.82, 2.24) is 10.2 Å². The molecule has 0 saturated carbocycles. The predicted octanol–water partition coefficient (Wildman–Crippen LogP) is 3.17. The lowest BCUT2D eigenvalue weighted by Gasteiger charge is -2.25. The number of fused-ring (bicyclic) bond motifs is 1. The van der Waals surface area contributed by atoms with Gasteiger partial charge in [0, 0.05) is 13.1 Å². The summed E-state index contributed by atoms with van der Waals surface area (Å²) in [6.45, 7) is 1.42. The number of ether oxygens (including phenoxy) is 2. The topological polar surface area (TPSA) is 71.0 Å². The molecule has 0 bridgehead atoms. The van der Waals surface area contributed by atoms with Crippen LogP contribution in [0.4, 0.5) is 4.79 Å². The van der Waals surface area contributed by atoms with Crippen LogP contribution in [0.1, 0.15) is 30.0 Å². The number of carbonyl (C=O) groups excluding carboxylic acids is 1. The molecule has 2 aromatic rings. The second kappa shape index (κ2) is 6.55. The Morgan fingerprint density at radius 2 is 1.96 bits per heavy atom. The van der Waals surface area contributed by atoms with E-state index < -0.39 is 0 Å². The van der Waals surface area contributed by atoms with Crippen LogP contribution in [0.25, 0.3) is 0 Å². The Balaban J connectivity index is 1.41. The summed E-state index contributed by atoms with van der Waals surface area (Å²) in [6, 6.07) is 12.7. The average Bonchev–Trinajstić information content (AvgIpc) is 3.29. The van der Waals surface area contributed by atoms with E-state index in [1.165, 1.54) is 0 Å². The Morgan fingerprint density at radius 1 is 1.16 bits per heavy atom. The van der Waals surface area contributed by atoms with Crippen molar-refractivity contribution in [3.8, 4) is 17.2 Å². The Morgan fingerprint density at radius 3 is 2.80 bits per heavy atom. The largest absolute Gasteiger partial charge is 0.508 e. The van der Waals surface area contributed by atoms with Crippen LogP contribution >= 0.6 is 0 Å².